The van der Waals surface area contributed by atoms with Gasteiger partial charge in [-0.3, -0.25) is 4.79 Å². The number of rotatable bonds is 2. The summed E-state index contributed by atoms with van der Waals surface area (Å²) in [6, 6.07) is 10.1. The van der Waals surface area contributed by atoms with Crippen LogP contribution in [0.1, 0.15) is 24.0 Å². The van der Waals surface area contributed by atoms with Crippen molar-refractivity contribution >= 4 is 22.7 Å². The van der Waals surface area contributed by atoms with Gasteiger partial charge in [-0.2, -0.15) is 5.26 Å². The van der Waals surface area contributed by atoms with Gasteiger partial charge in [0.05, 0.1) is 17.0 Å². The third-order valence-corrected chi connectivity index (χ3v) is 4.39. The van der Waals surface area contributed by atoms with Gasteiger partial charge in [0.1, 0.15) is 11.9 Å². The number of hydrogen-bond acceptors (Lipinski definition) is 4. The Balaban J connectivity index is 2.01. The summed E-state index contributed by atoms with van der Waals surface area (Å²) in [6.07, 6.45) is 1.18. The van der Waals surface area contributed by atoms with E-state index in [1.165, 1.54) is 0 Å². The fraction of sp³-hybridized carbons (Fsp3) is 0.353. The zero-order valence-electron chi connectivity index (χ0n) is 12.4. The second kappa shape index (κ2) is 5.64. The molecule has 1 N–H and O–H groups in total. The molecule has 2 heterocycles. The minimum atomic E-state index is -0.734. The summed E-state index contributed by atoms with van der Waals surface area (Å²) >= 11 is 0. The molecule has 0 aliphatic carbocycles. The lowest BCUT2D eigenvalue weighted by molar-refractivity contribution is -0.142. The molecule has 0 spiro atoms. The third kappa shape index (κ3) is 2.37. The Bertz CT molecular complexity index is 771. The highest BCUT2D eigenvalue weighted by atomic mass is 16.4. The molecule has 1 aliphatic rings. The van der Waals surface area contributed by atoms with Crippen LogP contribution in [-0.4, -0.2) is 29.1 Å². The molecule has 1 aromatic heterocycles. The highest BCUT2D eigenvalue weighted by molar-refractivity contribution is 5.87. The van der Waals surface area contributed by atoms with Crippen LogP contribution in [0.2, 0.25) is 0 Å². The van der Waals surface area contributed by atoms with Crippen molar-refractivity contribution in [3.8, 4) is 6.07 Å². The fourth-order valence-electron chi connectivity index (χ4n) is 3.06. The van der Waals surface area contributed by atoms with Gasteiger partial charge in [0.2, 0.25) is 0 Å². The normalized spacial score (nSPS) is 15.7. The molecule has 0 atom stereocenters. The van der Waals surface area contributed by atoms with Gasteiger partial charge >= 0.3 is 5.97 Å². The van der Waals surface area contributed by atoms with Crippen molar-refractivity contribution in [2.75, 3.05) is 18.0 Å². The maximum Gasteiger partial charge on any atom is 0.306 e. The van der Waals surface area contributed by atoms with Gasteiger partial charge in [-0.05, 0) is 31.4 Å². The standard InChI is InChI=1S/C17H17N3O2/c1-11-13-4-2-3-5-15(13)19-16(14(11)10-18)20-8-6-12(7-9-20)17(21)22/h2-5,12H,6-9H2,1H3,(H,21,22). The van der Waals surface area contributed by atoms with Crippen LogP contribution in [0.4, 0.5) is 5.82 Å². The van der Waals surface area contributed by atoms with Gasteiger partial charge in [0.15, 0.2) is 0 Å². The number of hydrogen-bond donors (Lipinski definition) is 1. The van der Waals surface area contributed by atoms with Crippen molar-refractivity contribution in [3.63, 3.8) is 0 Å². The van der Waals surface area contributed by atoms with Crippen molar-refractivity contribution in [2.24, 2.45) is 5.92 Å². The number of anilines is 1. The molecular weight excluding hydrogens is 278 g/mol. The smallest absolute Gasteiger partial charge is 0.306 e. The molecule has 1 aliphatic heterocycles. The van der Waals surface area contributed by atoms with Crippen molar-refractivity contribution in [1.82, 2.24) is 4.98 Å². The molecular formula is C17H17N3O2. The predicted molar refractivity (Wildman–Crippen MR) is 83.8 cm³/mol. The first-order chi connectivity index (χ1) is 10.6. The molecule has 0 amide bonds. The van der Waals surface area contributed by atoms with Crippen LogP contribution in [0.5, 0.6) is 0 Å². The summed E-state index contributed by atoms with van der Waals surface area (Å²) < 4.78 is 0. The van der Waals surface area contributed by atoms with Gasteiger partial charge < -0.3 is 10.0 Å². The van der Waals surface area contributed by atoms with Crippen LogP contribution in [-0.2, 0) is 4.79 Å². The van der Waals surface area contributed by atoms with E-state index in [2.05, 4.69) is 11.1 Å². The average molecular weight is 295 g/mol. The van der Waals surface area contributed by atoms with Crippen molar-refractivity contribution in [2.45, 2.75) is 19.8 Å². The maximum atomic E-state index is 11.1. The van der Waals surface area contributed by atoms with Crippen molar-refractivity contribution < 1.29 is 9.90 Å². The summed E-state index contributed by atoms with van der Waals surface area (Å²) in [5, 5.41) is 19.6. The number of nitriles is 1. The Morgan fingerprint density at radius 3 is 2.68 bits per heavy atom. The highest BCUT2D eigenvalue weighted by Crippen LogP contribution is 2.30. The molecule has 1 aromatic carbocycles. The SMILES string of the molecule is Cc1c(C#N)c(N2CCC(C(=O)O)CC2)nc2ccccc12. The predicted octanol–water partition coefficient (Wildman–Crippen LogP) is 2.72. The monoisotopic (exact) mass is 295 g/mol. The summed E-state index contributed by atoms with van der Waals surface area (Å²) in [5.41, 5.74) is 2.39. The minimum Gasteiger partial charge on any atom is -0.481 e. The molecule has 0 saturated carbocycles. The molecule has 5 nitrogen and oxygen atoms in total. The lowest BCUT2D eigenvalue weighted by Crippen LogP contribution is -2.37. The third-order valence-electron chi connectivity index (χ3n) is 4.39. The number of aliphatic carboxylic acids is 1. The number of carboxylic acids is 1. The van der Waals surface area contributed by atoms with Crippen LogP contribution in [0, 0.1) is 24.2 Å². The fourth-order valence-corrected chi connectivity index (χ4v) is 3.06. The quantitative estimate of drug-likeness (QED) is 0.921. The molecule has 112 valence electrons. The van der Waals surface area contributed by atoms with Crippen LogP contribution < -0.4 is 4.90 Å². The van der Waals surface area contributed by atoms with E-state index in [9.17, 15) is 10.1 Å². The summed E-state index contributed by atoms with van der Waals surface area (Å²) in [5.74, 6) is -0.339. The molecule has 1 fully saturated rings. The first-order valence-corrected chi connectivity index (χ1v) is 7.39. The van der Waals surface area contributed by atoms with Gasteiger partial charge in [0, 0.05) is 18.5 Å². The van der Waals surface area contributed by atoms with Gasteiger partial charge in [-0.15, -0.1) is 0 Å². The first kappa shape index (κ1) is 14.3. The maximum absolute atomic E-state index is 11.1. The number of carboxylic acid groups (broad SMARTS) is 1. The highest BCUT2D eigenvalue weighted by Gasteiger charge is 2.27. The Hall–Kier alpha value is -2.61. The molecule has 0 bridgehead atoms. The number of fused-ring (bicyclic) bond motifs is 1. The van der Waals surface area contributed by atoms with E-state index < -0.39 is 5.97 Å². The Morgan fingerprint density at radius 1 is 1.36 bits per heavy atom. The van der Waals surface area contributed by atoms with E-state index >= 15 is 0 Å². The van der Waals surface area contributed by atoms with E-state index in [0.29, 0.717) is 37.3 Å². The summed E-state index contributed by atoms with van der Waals surface area (Å²) in [4.78, 5) is 17.8. The zero-order chi connectivity index (χ0) is 15.7. The lowest BCUT2D eigenvalue weighted by atomic mass is 9.96. The molecule has 0 unspecified atom stereocenters. The number of benzene rings is 1. The molecule has 1 saturated heterocycles. The van der Waals surface area contributed by atoms with E-state index in [4.69, 9.17) is 5.11 Å². The van der Waals surface area contributed by atoms with Crippen LogP contribution in [0.25, 0.3) is 10.9 Å². The van der Waals surface area contributed by atoms with Gasteiger partial charge in [-0.1, -0.05) is 18.2 Å². The molecule has 3 rings (SSSR count). The van der Waals surface area contributed by atoms with E-state index in [-0.39, 0.29) is 5.92 Å². The number of para-hydroxylation sites is 1. The second-order valence-corrected chi connectivity index (χ2v) is 5.66. The molecule has 2 aromatic rings. The number of carbonyl (C=O) groups is 1. The number of piperidine rings is 1. The zero-order valence-corrected chi connectivity index (χ0v) is 12.4. The lowest BCUT2D eigenvalue weighted by Gasteiger charge is -2.32. The minimum absolute atomic E-state index is 0.289. The Labute approximate surface area is 128 Å². The number of aromatic nitrogens is 1. The number of aryl methyl sites for hydroxylation is 1. The topological polar surface area (TPSA) is 77.2 Å². The summed E-state index contributed by atoms with van der Waals surface area (Å²) in [6.45, 7) is 3.18. The van der Waals surface area contributed by atoms with Crippen molar-refractivity contribution in [1.29, 1.82) is 5.26 Å². The van der Waals surface area contributed by atoms with E-state index in [1.807, 2.05) is 36.1 Å². The first-order valence-electron chi connectivity index (χ1n) is 7.39. The van der Waals surface area contributed by atoms with E-state index in [0.717, 1.165) is 16.5 Å². The van der Waals surface area contributed by atoms with Crippen LogP contribution >= 0.6 is 0 Å². The summed E-state index contributed by atoms with van der Waals surface area (Å²) in [7, 11) is 0. The van der Waals surface area contributed by atoms with Gasteiger partial charge in [-0.25, -0.2) is 4.98 Å². The van der Waals surface area contributed by atoms with Crippen molar-refractivity contribution in [3.05, 3.63) is 35.4 Å². The van der Waals surface area contributed by atoms with Crippen LogP contribution in [0.15, 0.2) is 24.3 Å². The number of nitrogens with zero attached hydrogens (tertiary/aromatic N) is 3. The number of pyridine rings is 1. The Kier molecular flexibility index (Phi) is 3.68. The van der Waals surface area contributed by atoms with Crippen LogP contribution in [0.3, 0.4) is 0 Å². The largest absolute Gasteiger partial charge is 0.481 e. The van der Waals surface area contributed by atoms with Gasteiger partial charge in [0.25, 0.3) is 0 Å². The van der Waals surface area contributed by atoms with E-state index in [1.54, 1.807) is 0 Å². The average Bonchev–Trinajstić information content (AvgIpc) is 2.55. The molecule has 5 heteroatoms. The molecule has 0 radical (unpaired) electrons. The second-order valence-electron chi connectivity index (χ2n) is 5.66. The Morgan fingerprint density at radius 2 is 2.05 bits per heavy atom. The molecule has 22 heavy (non-hydrogen) atoms.